The molecule has 1 unspecified atom stereocenters. The molecule has 0 aliphatic heterocycles. The maximum absolute atomic E-state index is 14.5. The maximum Gasteiger partial charge on any atom is 0.234 e. The molecule has 26 heavy (non-hydrogen) atoms. The Morgan fingerprint density at radius 2 is 1.69 bits per heavy atom. The molecule has 0 spiro atoms. The number of halogens is 2. The van der Waals surface area contributed by atoms with Gasteiger partial charge in [0, 0.05) is 5.56 Å². The van der Waals surface area contributed by atoms with E-state index in [4.69, 9.17) is 0 Å². The zero-order valence-corrected chi connectivity index (χ0v) is 16.0. The predicted molar refractivity (Wildman–Crippen MR) is 101 cm³/mol. The van der Waals surface area contributed by atoms with Crippen molar-refractivity contribution >= 4 is 5.91 Å². The third kappa shape index (κ3) is 4.28. The Hall–Kier alpha value is -2.27. The summed E-state index contributed by atoms with van der Waals surface area (Å²) < 4.78 is 28.8. The van der Waals surface area contributed by atoms with E-state index in [0.717, 1.165) is 22.3 Å². The van der Waals surface area contributed by atoms with Crippen LogP contribution in [0.15, 0.2) is 24.3 Å². The van der Waals surface area contributed by atoms with Crippen molar-refractivity contribution in [2.75, 3.05) is 13.6 Å². The molecule has 0 saturated heterocycles. The van der Waals surface area contributed by atoms with Crippen LogP contribution in [-0.4, -0.2) is 19.5 Å². The number of rotatable bonds is 6. The Bertz CT molecular complexity index is 795. The second-order valence-electron chi connectivity index (χ2n) is 6.69. The van der Waals surface area contributed by atoms with Gasteiger partial charge >= 0.3 is 0 Å². The first-order valence-corrected chi connectivity index (χ1v) is 8.79. The van der Waals surface area contributed by atoms with Crippen molar-refractivity contribution in [3.63, 3.8) is 0 Å². The second-order valence-corrected chi connectivity index (χ2v) is 6.69. The van der Waals surface area contributed by atoms with Crippen molar-refractivity contribution in [1.82, 2.24) is 10.6 Å². The lowest BCUT2D eigenvalue weighted by atomic mass is 9.91. The van der Waals surface area contributed by atoms with Gasteiger partial charge in [-0.05, 0) is 68.6 Å². The van der Waals surface area contributed by atoms with Gasteiger partial charge in [0.05, 0.1) is 12.6 Å². The van der Waals surface area contributed by atoms with Crippen LogP contribution in [0.5, 0.6) is 0 Å². The quantitative estimate of drug-likeness (QED) is 0.804. The highest BCUT2D eigenvalue weighted by Gasteiger charge is 2.21. The highest BCUT2D eigenvalue weighted by molar-refractivity contribution is 5.78. The van der Waals surface area contributed by atoms with E-state index >= 15 is 0 Å². The van der Waals surface area contributed by atoms with E-state index in [-0.39, 0.29) is 18.0 Å². The topological polar surface area (TPSA) is 41.1 Å². The third-order valence-electron chi connectivity index (χ3n) is 4.48. The Morgan fingerprint density at radius 1 is 1.08 bits per heavy atom. The number of carbonyl (C=O) groups is 1. The van der Waals surface area contributed by atoms with E-state index < -0.39 is 17.7 Å². The van der Waals surface area contributed by atoms with Crippen LogP contribution < -0.4 is 10.6 Å². The van der Waals surface area contributed by atoms with E-state index in [0.29, 0.717) is 12.0 Å². The molecule has 0 aliphatic rings. The van der Waals surface area contributed by atoms with E-state index in [1.807, 2.05) is 39.8 Å². The normalized spacial score (nSPS) is 12.1. The molecule has 140 valence electrons. The number of likely N-dealkylation sites (N-methyl/N-ethyl adjacent to an activating group) is 1. The Morgan fingerprint density at radius 3 is 2.23 bits per heavy atom. The summed E-state index contributed by atoms with van der Waals surface area (Å²) in [5, 5.41) is 5.51. The smallest absolute Gasteiger partial charge is 0.234 e. The SMILES string of the molecule is CCC(NC(=O)CNC)c1cc(-c2c(C)cc(C)cc2C)cc(F)c1F. The van der Waals surface area contributed by atoms with Crippen molar-refractivity contribution < 1.29 is 13.6 Å². The summed E-state index contributed by atoms with van der Waals surface area (Å²) in [6.45, 7) is 7.88. The summed E-state index contributed by atoms with van der Waals surface area (Å²) in [6.07, 6.45) is 0.459. The summed E-state index contributed by atoms with van der Waals surface area (Å²) in [4.78, 5) is 11.9. The molecule has 0 bridgehead atoms. The molecule has 2 N–H and O–H groups in total. The predicted octanol–water partition coefficient (Wildman–Crippen LogP) is 4.34. The first-order chi connectivity index (χ1) is 12.3. The van der Waals surface area contributed by atoms with Crippen molar-refractivity contribution in [3.05, 3.63) is 58.2 Å². The van der Waals surface area contributed by atoms with Crippen LogP contribution in [0.2, 0.25) is 0 Å². The highest BCUT2D eigenvalue weighted by atomic mass is 19.2. The molecular formula is C21H26F2N2O. The van der Waals surface area contributed by atoms with E-state index in [1.165, 1.54) is 6.07 Å². The zero-order chi connectivity index (χ0) is 19.4. The summed E-state index contributed by atoms with van der Waals surface area (Å²) in [7, 11) is 1.66. The number of hydrogen-bond acceptors (Lipinski definition) is 2. The molecule has 3 nitrogen and oxygen atoms in total. The van der Waals surface area contributed by atoms with Crippen LogP contribution in [0.1, 0.15) is 41.6 Å². The molecule has 0 radical (unpaired) electrons. The fraction of sp³-hybridized carbons (Fsp3) is 0.381. The fourth-order valence-electron chi connectivity index (χ4n) is 3.45. The minimum atomic E-state index is -0.909. The lowest BCUT2D eigenvalue weighted by Crippen LogP contribution is -2.35. The number of carbonyl (C=O) groups excluding carboxylic acids is 1. The van der Waals surface area contributed by atoms with Gasteiger partial charge in [0.25, 0.3) is 0 Å². The van der Waals surface area contributed by atoms with Crippen LogP contribution in [-0.2, 0) is 4.79 Å². The summed E-state index contributed by atoms with van der Waals surface area (Å²) in [6, 6.07) is 6.34. The molecule has 0 aliphatic carbocycles. The van der Waals surface area contributed by atoms with E-state index in [2.05, 4.69) is 10.6 Å². The molecule has 2 rings (SSSR count). The molecule has 5 heteroatoms. The number of hydrogen-bond donors (Lipinski definition) is 2. The van der Waals surface area contributed by atoms with Gasteiger partial charge in [-0.3, -0.25) is 4.79 Å². The third-order valence-corrected chi connectivity index (χ3v) is 4.48. The standard InChI is InChI=1S/C21H26F2N2O/c1-6-18(25-19(26)11-24-5)16-9-15(10-17(22)21(16)23)20-13(3)7-12(2)8-14(20)4/h7-10,18,24H,6,11H2,1-5H3,(H,25,26). The van der Waals surface area contributed by atoms with Gasteiger partial charge < -0.3 is 10.6 Å². The largest absolute Gasteiger partial charge is 0.348 e. The maximum atomic E-state index is 14.5. The molecule has 0 aromatic heterocycles. The van der Waals surface area contributed by atoms with Crippen molar-refractivity contribution in [3.8, 4) is 11.1 Å². The monoisotopic (exact) mass is 360 g/mol. The molecule has 0 heterocycles. The van der Waals surface area contributed by atoms with Gasteiger partial charge in [-0.2, -0.15) is 0 Å². The average Bonchev–Trinajstić information content (AvgIpc) is 2.55. The van der Waals surface area contributed by atoms with Gasteiger partial charge in [0.1, 0.15) is 0 Å². The molecule has 0 saturated carbocycles. The van der Waals surface area contributed by atoms with Crippen LogP contribution in [0, 0.1) is 32.4 Å². The summed E-state index contributed by atoms with van der Waals surface area (Å²) in [5.41, 5.74) is 4.82. The minimum Gasteiger partial charge on any atom is -0.348 e. The number of amides is 1. The van der Waals surface area contributed by atoms with Gasteiger partial charge in [-0.1, -0.05) is 24.6 Å². The van der Waals surface area contributed by atoms with Crippen molar-refractivity contribution in [2.45, 2.75) is 40.2 Å². The van der Waals surface area contributed by atoms with Crippen LogP contribution in [0.4, 0.5) is 8.78 Å². The lowest BCUT2D eigenvalue weighted by molar-refractivity contribution is -0.120. The first-order valence-electron chi connectivity index (χ1n) is 8.79. The number of nitrogens with one attached hydrogen (secondary N) is 2. The van der Waals surface area contributed by atoms with Crippen molar-refractivity contribution in [2.24, 2.45) is 0 Å². The fourth-order valence-corrected chi connectivity index (χ4v) is 3.45. The van der Waals surface area contributed by atoms with E-state index in [9.17, 15) is 13.6 Å². The molecular weight excluding hydrogens is 334 g/mol. The van der Waals surface area contributed by atoms with Gasteiger partial charge in [0.2, 0.25) is 5.91 Å². The van der Waals surface area contributed by atoms with E-state index in [1.54, 1.807) is 13.1 Å². The molecule has 1 atom stereocenters. The first kappa shape index (κ1) is 20.0. The second kappa shape index (κ2) is 8.41. The Labute approximate surface area is 153 Å². The average molecular weight is 360 g/mol. The minimum absolute atomic E-state index is 0.121. The van der Waals surface area contributed by atoms with Crippen LogP contribution in [0.25, 0.3) is 11.1 Å². The zero-order valence-electron chi connectivity index (χ0n) is 16.0. The van der Waals surface area contributed by atoms with Crippen LogP contribution in [0.3, 0.4) is 0 Å². The Kier molecular flexibility index (Phi) is 6.48. The molecule has 0 fully saturated rings. The molecule has 2 aromatic rings. The number of benzene rings is 2. The molecule has 1 amide bonds. The molecule has 2 aromatic carbocycles. The lowest BCUT2D eigenvalue weighted by Gasteiger charge is -2.20. The summed E-state index contributed by atoms with van der Waals surface area (Å²) in [5.74, 6) is -2.07. The highest BCUT2D eigenvalue weighted by Crippen LogP contribution is 2.33. The van der Waals surface area contributed by atoms with Gasteiger partial charge in [-0.25, -0.2) is 8.78 Å². The van der Waals surface area contributed by atoms with Gasteiger partial charge in [0.15, 0.2) is 11.6 Å². The Balaban J connectivity index is 2.54. The number of aryl methyl sites for hydroxylation is 3. The van der Waals surface area contributed by atoms with Crippen LogP contribution >= 0.6 is 0 Å². The van der Waals surface area contributed by atoms with Gasteiger partial charge in [-0.15, -0.1) is 0 Å². The summed E-state index contributed by atoms with van der Waals surface area (Å²) >= 11 is 0. The van der Waals surface area contributed by atoms with Crippen molar-refractivity contribution in [1.29, 1.82) is 0 Å².